The molecule has 0 aliphatic rings. The summed E-state index contributed by atoms with van der Waals surface area (Å²) in [4.78, 5) is 0. The molecule has 0 amide bonds. The summed E-state index contributed by atoms with van der Waals surface area (Å²) in [6, 6.07) is 10.1. The summed E-state index contributed by atoms with van der Waals surface area (Å²) < 4.78 is 5.14. The first-order valence-electron chi connectivity index (χ1n) is 4.14. The van der Waals surface area contributed by atoms with Crippen LogP contribution in [0.15, 0.2) is 43.0 Å². The van der Waals surface area contributed by atoms with E-state index in [0.29, 0.717) is 6.61 Å². The molecule has 1 nitrogen and oxygen atoms in total. The van der Waals surface area contributed by atoms with Crippen molar-refractivity contribution in [1.82, 2.24) is 0 Å². The Bertz CT molecular complexity index is 267. The summed E-state index contributed by atoms with van der Waals surface area (Å²) in [5.74, 6) is 0. The van der Waals surface area contributed by atoms with Gasteiger partial charge >= 0.3 is 0 Å². The fourth-order valence-electron chi connectivity index (χ4n) is 0.858. The van der Waals surface area contributed by atoms with Crippen molar-refractivity contribution in [3.63, 3.8) is 0 Å². The first kappa shape index (κ1) is 10.5. The predicted molar refractivity (Wildman–Crippen MR) is 58.8 cm³/mol. The van der Waals surface area contributed by atoms with Crippen molar-refractivity contribution < 1.29 is 4.74 Å². The fourth-order valence-corrected chi connectivity index (χ4v) is 0.972. The summed E-state index contributed by atoms with van der Waals surface area (Å²) in [7, 11) is 0. The smallest absolute Gasteiger partial charge is 0.138 e. The van der Waals surface area contributed by atoms with Gasteiger partial charge in [-0.25, -0.2) is 0 Å². The van der Waals surface area contributed by atoms with Crippen LogP contribution >= 0.6 is 15.9 Å². The molecule has 0 heterocycles. The molecule has 0 aromatic heterocycles. The molecule has 1 atom stereocenters. The van der Waals surface area contributed by atoms with Gasteiger partial charge in [0.05, 0.1) is 6.61 Å². The van der Waals surface area contributed by atoms with Gasteiger partial charge in [0.25, 0.3) is 0 Å². The summed E-state index contributed by atoms with van der Waals surface area (Å²) in [5, 5.41) is 0. The van der Waals surface area contributed by atoms with E-state index in [1.807, 2.05) is 37.3 Å². The Kier molecular flexibility index (Phi) is 3.70. The molecule has 0 saturated carbocycles. The quantitative estimate of drug-likeness (QED) is 0.579. The van der Waals surface area contributed by atoms with Gasteiger partial charge in [0.15, 0.2) is 0 Å². The van der Waals surface area contributed by atoms with Gasteiger partial charge in [-0.3, -0.25) is 0 Å². The summed E-state index contributed by atoms with van der Waals surface area (Å²) in [6.45, 7) is 6.18. The molecule has 0 aliphatic heterocycles. The average molecular weight is 241 g/mol. The Morgan fingerprint density at radius 3 is 2.62 bits per heavy atom. The minimum atomic E-state index is -0.428. The van der Waals surface area contributed by atoms with E-state index in [1.54, 1.807) is 6.08 Å². The van der Waals surface area contributed by atoms with Crippen LogP contribution in [0, 0.1) is 0 Å². The molecule has 0 aliphatic carbocycles. The highest BCUT2D eigenvalue weighted by Gasteiger charge is 2.14. The zero-order chi connectivity index (χ0) is 9.73. The number of alkyl halides is 1. The third-order valence-corrected chi connectivity index (χ3v) is 2.28. The zero-order valence-electron chi connectivity index (χ0n) is 7.66. The second kappa shape index (κ2) is 4.58. The highest BCUT2D eigenvalue weighted by molar-refractivity contribution is 9.10. The fraction of sp³-hybridized carbons (Fsp3) is 0.273. The molecule has 1 aromatic rings. The van der Waals surface area contributed by atoms with Crippen LogP contribution in [0.2, 0.25) is 0 Å². The Morgan fingerprint density at radius 2 is 2.08 bits per heavy atom. The molecule has 1 rings (SSSR count). The average Bonchev–Trinajstić information content (AvgIpc) is 2.17. The largest absolute Gasteiger partial charge is 0.356 e. The molecule has 2 heteroatoms. The van der Waals surface area contributed by atoms with Crippen molar-refractivity contribution in [3.05, 3.63) is 48.6 Å². The summed E-state index contributed by atoms with van der Waals surface area (Å²) >= 11 is 3.40. The second-order valence-corrected chi connectivity index (χ2v) is 4.54. The van der Waals surface area contributed by atoms with Gasteiger partial charge < -0.3 is 4.74 Å². The topological polar surface area (TPSA) is 9.23 Å². The van der Waals surface area contributed by atoms with E-state index >= 15 is 0 Å². The molecule has 0 bridgehead atoms. The molecule has 0 N–H and O–H groups in total. The third-order valence-electron chi connectivity index (χ3n) is 1.73. The molecule has 0 spiro atoms. The highest BCUT2D eigenvalue weighted by Crippen LogP contribution is 2.21. The number of ether oxygens (including phenoxy) is 1. The normalized spacial score (nSPS) is 14.9. The molecule has 13 heavy (non-hydrogen) atoms. The molecule has 70 valence electrons. The van der Waals surface area contributed by atoms with E-state index in [9.17, 15) is 0 Å². The van der Waals surface area contributed by atoms with E-state index in [0.717, 1.165) is 5.56 Å². The maximum absolute atomic E-state index is 5.56. The van der Waals surface area contributed by atoms with Crippen LogP contribution < -0.4 is 0 Å². The third kappa shape index (κ3) is 3.75. The Labute approximate surface area is 87.5 Å². The first-order chi connectivity index (χ1) is 6.14. The number of halogens is 1. The summed E-state index contributed by atoms with van der Waals surface area (Å²) in [5.41, 5.74) is 1.16. The predicted octanol–water partition coefficient (Wildman–Crippen LogP) is 3.50. The van der Waals surface area contributed by atoms with Gasteiger partial charge in [0, 0.05) is 0 Å². The Hall–Kier alpha value is -0.600. The van der Waals surface area contributed by atoms with Crippen molar-refractivity contribution in [3.8, 4) is 0 Å². The van der Waals surface area contributed by atoms with E-state index in [-0.39, 0.29) is 0 Å². The van der Waals surface area contributed by atoms with E-state index in [2.05, 4.69) is 22.5 Å². The summed E-state index contributed by atoms with van der Waals surface area (Å²) in [6.07, 6.45) is 1.73. The lowest BCUT2D eigenvalue weighted by Gasteiger charge is -2.18. The number of hydrogen-bond donors (Lipinski definition) is 0. The van der Waals surface area contributed by atoms with Gasteiger partial charge in [-0.1, -0.05) is 36.9 Å². The molecule has 0 radical (unpaired) electrons. The van der Waals surface area contributed by atoms with E-state index < -0.39 is 4.51 Å². The van der Waals surface area contributed by atoms with Crippen LogP contribution in [0.5, 0.6) is 0 Å². The van der Waals surface area contributed by atoms with Crippen LogP contribution in [0.25, 0.3) is 0 Å². The molecule has 1 unspecified atom stereocenters. The Morgan fingerprint density at radius 1 is 1.46 bits per heavy atom. The number of rotatable bonds is 4. The van der Waals surface area contributed by atoms with E-state index in [1.165, 1.54) is 0 Å². The lowest BCUT2D eigenvalue weighted by molar-refractivity contribution is 0.0647. The van der Waals surface area contributed by atoms with Crippen molar-refractivity contribution in [1.29, 1.82) is 0 Å². The molecule has 0 fully saturated rings. The number of benzene rings is 1. The SMILES string of the molecule is C=CC(C)(Br)OCc1ccccc1. The standard InChI is InChI=1S/C11H13BrO/c1-3-11(2,12)13-9-10-7-5-4-6-8-10/h3-8H,1,9H2,2H3. The van der Waals surface area contributed by atoms with Crippen molar-refractivity contribution in [2.45, 2.75) is 18.0 Å². The van der Waals surface area contributed by atoms with Crippen molar-refractivity contribution in [2.75, 3.05) is 0 Å². The maximum atomic E-state index is 5.56. The van der Waals surface area contributed by atoms with Gasteiger partial charge in [0.2, 0.25) is 0 Å². The second-order valence-electron chi connectivity index (χ2n) is 2.96. The van der Waals surface area contributed by atoms with Crippen LogP contribution in [-0.2, 0) is 11.3 Å². The van der Waals surface area contributed by atoms with Gasteiger partial charge in [-0.2, -0.15) is 0 Å². The highest BCUT2D eigenvalue weighted by atomic mass is 79.9. The Balaban J connectivity index is 2.48. The van der Waals surface area contributed by atoms with Crippen LogP contribution in [-0.4, -0.2) is 4.51 Å². The lowest BCUT2D eigenvalue weighted by atomic mass is 10.2. The molecular weight excluding hydrogens is 228 g/mol. The molecular formula is C11H13BrO. The maximum Gasteiger partial charge on any atom is 0.138 e. The van der Waals surface area contributed by atoms with Gasteiger partial charge in [0.1, 0.15) is 4.51 Å². The van der Waals surface area contributed by atoms with Crippen molar-refractivity contribution in [2.24, 2.45) is 0 Å². The van der Waals surface area contributed by atoms with Gasteiger partial charge in [-0.15, -0.1) is 0 Å². The minimum absolute atomic E-state index is 0.428. The van der Waals surface area contributed by atoms with Crippen LogP contribution in [0.1, 0.15) is 12.5 Å². The lowest BCUT2D eigenvalue weighted by Crippen LogP contribution is -2.16. The van der Waals surface area contributed by atoms with Crippen molar-refractivity contribution >= 4 is 15.9 Å². The zero-order valence-corrected chi connectivity index (χ0v) is 9.25. The first-order valence-corrected chi connectivity index (χ1v) is 4.94. The molecule has 1 aromatic carbocycles. The van der Waals surface area contributed by atoms with Crippen LogP contribution in [0.3, 0.4) is 0 Å². The minimum Gasteiger partial charge on any atom is -0.356 e. The monoisotopic (exact) mass is 240 g/mol. The van der Waals surface area contributed by atoms with Crippen LogP contribution in [0.4, 0.5) is 0 Å². The number of hydrogen-bond acceptors (Lipinski definition) is 1. The van der Waals surface area contributed by atoms with E-state index in [4.69, 9.17) is 4.74 Å². The van der Waals surface area contributed by atoms with Gasteiger partial charge in [-0.05, 0) is 34.5 Å². The molecule has 0 saturated heterocycles.